The Balaban J connectivity index is 1.23. The Morgan fingerprint density at radius 2 is 1.80 bits per heavy atom. The lowest BCUT2D eigenvalue weighted by Gasteiger charge is -2.26. The number of rotatable bonds is 4. The number of amides is 2. The van der Waals surface area contributed by atoms with Crippen molar-refractivity contribution in [2.45, 2.75) is 0 Å². The lowest BCUT2D eigenvalue weighted by molar-refractivity contribution is 0.0564. The summed E-state index contributed by atoms with van der Waals surface area (Å²) >= 11 is 0. The van der Waals surface area contributed by atoms with Gasteiger partial charge in [0.25, 0.3) is 0 Å². The van der Waals surface area contributed by atoms with Crippen molar-refractivity contribution in [2.24, 2.45) is 0 Å². The van der Waals surface area contributed by atoms with Gasteiger partial charge in [-0.1, -0.05) is 30.3 Å². The third-order valence-electron chi connectivity index (χ3n) is 6.94. The number of halogens is 1. The van der Waals surface area contributed by atoms with Crippen LogP contribution in [0.25, 0.3) is 55.8 Å². The fourth-order valence-electron chi connectivity index (χ4n) is 4.92. The van der Waals surface area contributed by atoms with Crippen molar-refractivity contribution in [3.8, 4) is 33.8 Å². The summed E-state index contributed by atoms with van der Waals surface area (Å²) in [6, 6.07) is 15.9. The van der Waals surface area contributed by atoms with Gasteiger partial charge >= 0.3 is 6.03 Å². The summed E-state index contributed by atoms with van der Waals surface area (Å²) in [6.45, 7) is 2.15. The molecule has 5 heterocycles. The highest BCUT2D eigenvalue weighted by Gasteiger charge is 2.19. The van der Waals surface area contributed by atoms with Crippen LogP contribution < -0.4 is 5.32 Å². The van der Waals surface area contributed by atoms with Crippen LogP contribution in [0.4, 0.5) is 14.9 Å². The van der Waals surface area contributed by atoms with Gasteiger partial charge in [0.15, 0.2) is 11.5 Å². The molecule has 1 fully saturated rings. The zero-order valence-electron chi connectivity index (χ0n) is 21.2. The topological polar surface area (TPSA) is 125 Å². The maximum absolute atomic E-state index is 14.6. The molecule has 6 aromatic rings. The number of ether oxygens (including phenoxy) is 1. The quantitative estimate of drug-likeness (QED) is 0.284. The SMILES string of the molecule is O=C(Nc1cncc(-c2cnc3[nH]nc(-c4nc5c(-c6ccccc6F)cccc5[nH]4)c3c2)c1)N1CCOCC1. The number of aromatic amines is 2. The first kappa shape index (κ1) is 23.9. The second-order valence-electron chi connectivity index (χ2n) is 9.45. The number of hydrogen-bond donors (Lipinski definition) is 3. The molecule has 198 valence electrons. The number of H-pyrrole nitrogens is 2. The van der Waals surface area contributed by atoms with Crippen LogP contribution in [0, 0.1) is 5.82 Å². The van der Waals surface area contributed by atoms with Gasteiger partial charge in [-0.05, 0) is 24.3 Å². The van der Waals surface area contributed by atoms with Gasteiger partial charge in [-0.2, -0.15) is 5.10 Å². The molecule has 0 unspecified atom stereocenters. The lowest BCUT2D eigenvalue weighted by atomic mass is 10.0. The summed E-state index contributed by atoms with van der Waals surface area (Å²) in [4.78, 5) is 31.4. The molecular formula is C29H23FN8O2. The van der Waals surface area contributed by atoms with Crippen molar-refractivity contribution in [3.63, 3.8) is 0 Å². The van der Waals surface area contributed by atoms with E-state index in [2.05, 4.69) is 30.5 Å². The van der Waals surface area contributed by atoms with E-state index in [9.17, 15) is 9.18 Å². The smallest absolute Gasteiger partial charge is 0.322 e. The Morgan fingerprint density at radius 1 is 0.975 bits per heavy atom. The van der Waals surface area contributed by atoms with Crippen LogP contribution in [0.3, 0.4) is 0 Å². The van der Waals surface area contributed by atoms with E-state index in [-0.39, 0.29) is 11.8 Å². The Labute approximate surface area is 227 Å². The van der Waals surface area contributed by atoms with Gasteiger partial charge < -0.3 is 19.9 Å². The van der Waals surface area contributed by atoms with Crippen molar-refractivity contribution in [2.75, 3.05) is 31.6 Å². The summed E-state index contributed by atoms with van der Waals surface area (Å²) in [5, 5.41) is 11.1. The predicted octanol–water partition coefficient (Wildman–Crippen LogP) is 5.23. The minimum atomic E-state index is -0.310. The molecule has 2 amide bonds. The van der Waals surface area contributed by atoms with Crippen LogP contribution in [0.5, 0.6) is 0 Å². The molecule has 0 radical (unpaired) electrons. The Morgan fingerprint density at radius 3 is 2.67 bits per heavy atom. The molecule has 1 saturated heterocycles. The first-order chi connectivity index (χ1) is 19.6. The molecule has 11 heteroatoms. The molecule has 0 atom stereocenters. The largest absolute Gasteiger partial charge is 0.378 e. The summed E-state index contributed by atoms with van der Waals surface area (Å²) in [6.07, 6.45) is 5.05. The number of benzene rings is 2. The van der Waals surface area contributed by atoms with Crippen LogP contribution in [0.15, 0.2) is 73.2 Å². The summed E-state index contributed by atoms with van der Waals surface area (Å²) in [5.41, 5.74) is 5.94. The fourth-order valence-corrected chi connectivity index (χ4v) is 4.92. The molecule has 0 saturated carbocycles. The van der Waals surface area contributed by atoms with E-state index in [4.69, 9.17) is 9.72 Å². The minimum absolute atomic E-state index is 0.187. The Hall–Kier alpha value is -5.16. The molecule has 10 nitrogen and oxygen atoms in total. The molecule has 0 bridgehead atoms. The van der Waals surface area contributed by atoms with Crippen molar-refractivity contribution in [3.05, 3.63) is 79.0 Å². The molecular weight excluding hydrogens is 511 g/mol. The van der Waals surface area contributed by atoms with E-state index in [0.29, 0.717) is 65.8 Å². The number of para-hydroxylation sites is 1. The van der Waals surface area contributed by atoms with E-state index in [1.807, 2.05) is 30.3 Å². The number of urea groups is 1. The first-order valence-electron chi connectivity index (χ1n) is 12.8. The number of fused-ring (bicyclic) bond motifs is 2. The first-order valence-corrected chi connectivity index (χ1v) is 12.8. The normalized spacial score (nSPS) is 13.7. The Kier molecular flexibility index (Phi) is 5.90. The summed E-state index contributed by atoms with van der Waals surface area (Å²) in [7, 11) is 0. The molecule has 0 spiro atoms. The summed E-state index contributed by atoms with van der Waals surface area (Å²) in [5.74, 6) is 0.226. The van der Waals surface area contributed by atoms with Gasteiger partial charge in [-0.15, -0.1) is 0 Å². The maximum Gasteiger partial charge on any atom is 0.322 e. The highest BCUT2D eigenvalue weighted by atomic mass is 19.1. The Bertz CT molecular complexity index is 1880. The standard InChI is InChI=1S/C29H23FN8O2/c30-23-6-2-1-4-20(23)21-5-3-7-24-25(21)35-28(34-24)26-22-13-18(15-32-27(22)37-36-26)17-12-19(16-31-14-17)33-29(39)38-8-10-40-11-9-38/h1-7,12-16H,8-11H2,(H,33,39)(H,34,35)(H,32,36,37). The van der Waals surface area contributed by atoms with E-state index < -0.39 is 0 Å². The number of pyridine rings is 2. The monoisotopic (exact) mass is 534 g/mol. The number of imidazole rings is 1. The maximum atomic E-state index is 14.6. The van der Waals surface area contributed by atoms with E-state index in [1.54, 1.807) is 41.7 Å². The average molecular weight is 535 g/mol. The van der Waals surface area contributed by atoms with Gasteiger partial charge in [0.1, 0.15) is 11.5 Å². The number of carbonyl (C=O) groups excluding carboxylic acids is 1. The number of nitrogens with zero attached hydrogens (tertiary/aromatic N) is 5. The number of morpholine rings is 1. The number of nitrogens with one attached hydrogen (secondary N) is 3. The van der Waals surface area contributed by atoms with Crippen molar-refractivity contribution >= 4 is 33.8 Å². The number of carbonyl (C=O) groups is 1. The average Bonchev–Trinajstić information content (AvgIpc) is 3.62. The lowest BCUT2D eigenvalue weighted by Crippen LogP contribution is -2.43. The fraction of sp³-hybridized carbons (Fsp3) is 0.138. The second kappa shape index (κ2) is 9.86. The van der Waals surface area contributed by atoms with Crippen LogP contribution in [0.1, 0.15) is 0 Å². The van der Waals surface area contributed by atoms with Gasteiger partial charge in [-0.3, -0.25) is 10.1 Å². The minimum Gasteiger partial charge on any atom is -0.378 e. The van der Waals surface area contributed by atoms with Crippen LogP contribution in [-0.4, -0.2) is 67.4 Å². The predicted molar refractivity (Wildman–Crippen MR) is 149 cm³/mol. The van der Waals surface area contributed by atoms with Gasteiger partial charge in [0.2, 0.25) is 0 Å². The van der Waals surface area contributed by atoms with Crippen molar-refractivity contribution < 1.29 is 13.9 Å². The highest BCUT2D eigenvalue weighted by Crippen LogP contribution is 2.33. The van der Waals surface area contributed by atoms with E-state index in [1.165, 1.54) is 6.07 Å². The van der Waals surface area contributed by atoms with Crippen molar-refractivity contribution in [1.29, 1.82) is 0 Å². The van der Waals surface area contributed by atoms with Crippen LogP contribution >= 0.6 is 0 Å². The molecule has 2 aromatic carbocycles. The zero-order chi connectivity index (χ0) is 27.1. The number of anilines is 1. The van der Waals surface area contributed by atoms with E-state index in [0.717, 1.165) is 22.0 Å². The van der Waals surface area contributed by atoms with Gasteiger partial charge in [0, 0.05) is 47.7 Å². The third-order valence-corrected chi connectivity index (χ3v) is 6.94. The zero-order valence-corrected chi connectivity index (χ0v) is 21.2. The third kappa shape index (κ3) is 4.31. The molecule has 1 aliphatic heterocycles. The molecule has 4 aromatic heterocycles. The van der Waals surface area contributed by atoms with Gasteiger partial charge in [-0.25, -0.2) is 19.2 Å². The molecule has 3 N–H and O–H groups in total. The molecule has 1 aliphatic rings. The summed E-state index contributed by atoms with van der Waals surface area (Å²) < 4.78 is 19.9. The van der Waals surface area contributed by atoms with E-state index >= 15 is 0 Å². The number of aromatic nitrogens is 6. The van der Waals surface area contributed by atoms with Gasteiger partial charge in [0.05, 0.1) is 41.5 Å². The van der Waals surface area contributed by atoms with Crippen molar-refractivity contribution in [1.82, 2.24) is 35.0 Å². The molecule has 0 aliphatic carbocycles. The second-order valence-corrected chi connectivity index (χ2v) is 9.45. The molecule has 40 heavy (non-hydrogen) atoms. The molecule has 7 rings (SSSR count). The highest BCUT2D eigenvalue weighted by molar-refractivity contribution is 5.97. The van der Waals surface area contributed by atoms with Crippen LogP contribution in [-0.2, 0) is 4.74 Å². The van der Waals surface area contributed by atoms with Crippen LogP contribution in [0.2, 0.25) is 0 Å². The number of hydrogen-bond acceptors (Lipinski definition) is 6.